The lowest BCUT2D eigenvalue weighted by Gasteiger charge is -2.19. The van der Waals surface area contributed by atoms with Crippen molar-refractivity contribution in [3.8, 4) is 0 Å². The minimum Gasteiger partial charge on any atom is -0.369 e. The van der Waals surface area contributed by atoms with Crippen molar-refractivity contribution in [1.29, 1.82) is 0 Å². The molecule has 0 radical (unpaired) electrons. The van der Waals surface area contributed by atoms with Gasteiger partial charge in [-0.15, -0.1) is 0 Å². The maximum Gasteiger partial charge on any atom is 0.222 e. The molecule has 0 heterocycles. The first-order chi connectivity index (χ1) is 6.11. The molecule has 13 heavy (non-hydrogen) atoms. The molecule has 0 aromatic heterocycles. The van der Waals surface area contributed by atoms with Gasteiger partial charge in [0.2, 0.25) is 5.91 Å². The van der Waals surface area contributed by atoms with Crippen molar-refractivity contribution in [2.24, 2.45) is 17.6 Å². The molecule has 2 atom stereocenters. The third-order valence-corrected chi connectivity index (χ3v) is 2.67. The summed E-state index contributed by atoms with van der Waals surface area (Å²) in [6, 6.07) is 0.333. The molecule has 1 fully saturated rings. The first kappa shape index (κ1) is 10.5. The second-order valence-electron chi connectivity index (χ2n) is 4.35. The van der Waals surface area contributed by atoms with Gasteiger partial charge in [0.25, 0.3) is 0 Å². The highest BCUT2D eigenvalue weighted by atomic mass is 16.1. The Morgan fingerprint density at radius 3 is 2.77 bits per heavy atom. The summed E-state index contributed by atoms with van der Waals surface area (Å²) in [4.78, 5) is 11.0. The number of amides is 1. The molecule has 3 heteroatoms. The van der Waals surface area contributed by atoms with Crippen LogP contribution in [0.4, 0.5) is 0 Å². The Labute approximate surface area is 80.1 Å². The van der Waals surface area contributed by atoms with Crippen LogP contribution in [-0.4, -0.2) is 18.5 Å². The first-order valence-corrected chi connectivity index (χ1v) is 5.14. The predicted octanol–water partition coefficient (Wildman–Crippen LogP) is 0.886. The zero-order chi connectivity index (χ0) is 9.84. The van der Waals surface area contributed by atoms with Crippen molar-refractivity contribution in [2.45, 2.75) is 39.2 Å². The van der Waals surface area contributed by atoms with Gasteiger partial charge in [-0.3, -0.25) is 4.79 Å². The molecule has 0 bridgehead atoms. The van der Waals surface area contributed by atoms with Crippen LogP contribution < -0.4 is 11.1 Å². The van der Waals surface area contributed by atoms with E-state index >= 15 is 0 Å². The summed E-state index contributed by atoms with van der Waals surface area (Å²) in [6.45, 7) is 5.32. The van der Waals surface area contributed by atoms with Crippen LogP contribution in [0.3, 0.4) is 0 Å². The molecular weight excluding hydrogens is 164 g/mol. The normalized spacial score (nSPS) is 28.2. The molecule has 1 aliphatic rings. The van der Waals surface area contributed by atoms with E-state index in [9.17, 15) is 4.79 Å². The summed E-state index contributed by atoms with van der Waals surface area (Å²) in [6.07, 6.45) is 3.19. The molecule has 0 aliphatic heterocycles. The van der Waals surface area contributed by atoms with E-state index in [1.807, 2.05) is 0 Å². The maximum atomic E-state index is 11.0. The molecule has 1 rings (SSSR count). The highest BCUT2D eigenvalue weighted by molar-refractivity contribution is 5.77. The standard InChI is InChI=1S/C10H20N2O/c1-7(2)6-12-9-5-3-4-8(9)10(11)13/h7-9,12H,3-6H2,1-2H3,(H2,11,13). The first-order valence-electron chi connectivity index (χ1n) is 5.14. The zero-order valence-electron chi connectivity index (χ0n) is 8.55. The molecule has 1 amide bonds. The number of rotatable bonds is 4. The quantitative estimate of drug-likeness (QED) is 0.681. The van der Waals surface area contributed by atoms with E-state index in [2.05, 4.69) is 19.2 Å². The molecule has 3 nitrogen and oxygen atoms in total. The lowest BCUT2D eigenvalue weighted by molar-refractivity contribution is -0.122. The Morgan fingerprint density at radius 1 is 1.54 bits per heavy atom. The van der Waals surface area contributed by atoms with Gasteiger partial charge in [0.15, 0.2) is 0 Å². The minimum absolute atomic E-state index is 0.0683. The molecule has 3 N–H and O–H groups in total. The van der Waals surface area contributed by atoms with E-state index in [4.69, 9.17) is 5.73 Å². The summed E-state index contributed by atoms with van der Waals surface area (Å²) >= 11 is 0. The summed E-state index contributed by atoms with van der Waals surface area (Å²) in [5, 5.41) is 3.41. The summed E-state index contributed by atoms with van der Waals surface area (Å²) in [5.41, 5.74) is 5.32. The Kier molecular flexibility index (Phi) is 3.72. The van der Waals surface area contributed by atoms with Crippen molar-refractivity contribution in [1.82, 2.24) is 5.32 Å². The SMILES string of the molecule is CC(C)CNC1CCCC1C(N)=O. The molecule has 0 saturated heterocycles. The fourth-order valence-electron chi connectivity index (χ4n) is 1.93. The smallest absolute Gasteiger partial charge is 0.222 e. The number of hydrogen-bond donors (Lipinski definition) is 2. The van der Waals surface area contributed by atoms with Crippen LogP contribution >= 0.6 is 0 Å². The lowest BCUT2D eigenvalue weighted by Crippen LogP contribution is -2.40. The van der Waals surface area contributed by atoms with Crippen molar-refractivity contribution < 1.29 is 4.79 Å². The van der Waals surface area contributed by atoms with Crippen LogP contribution in [0.2, 0.25) is 0 Å². The van der Waals surface area contributed by atoms with Gasteiger partial charge in [-0.25, -0.2) is 0 Å². The number of carbonyl (C=O) groups is 1. The van der Waals surface area contributed by atoms with Crippen LogP contribution in [0.5, 0.6) is 0 Å². The molecule has 1 saturated carbocycles. The van der Waals surface area contributed by atoms with E-state index in [-0.39, 0.29) is 11.8 Å². The van der Waals surface area contributed by atoms with Gasteiger partial charge in [0.1, 0.15) is 0 Å². The number of carbonyl (C=O) groups excluding carboxylic acids is 1. The number of primary amides is 1. The average molecular weight is 184 g/mol. The van der Waals surface area contributed by atoms with E-state index < -0.39 is 0 Å². The molecular formula is C10H20N2O. The van der Waals surface area contributed by atoms with E-state index in [0.29, 0.717) is 12.0 Å². The van der Waals surface area contributed by atoms with Gasteiger partial charge in [-0.1, -0.05) is 20.3 Å². The van der Waals surface area contributed by atoms with Crippen LogP contribution in [0.15, 0.2) is 0 Å². The maximum absolute atomic E-state index is 11.0. The molecule has 0 aromatic carbocycles. The van der Waals surface area contributed by atoms with Crippen molar-refractivity contribution in [3.05, 3.63) is 0 Å². The topological polar surface area (TPSA) is 55.1 Å². The second kappa shape index (κ2) is 4.61. The van der Waals surface area contributed by atoms with Gasteiger partial charge in [0.05, 0.1) is 5.92 Å². The third-order valence-electron chi connectivity index (χ3n) is 2.67. The Morgan fingerprint density at radius 2 is 2.23 bits per heavy atom. The van der Waals surface area contributed by atoms with Gasteiger partial charge >= 0.3 is 0 Å². The fourth-order valence-corrected chi connectivity index (χ4v) is 1.93. The predicted molar refractivity (Wildman–Crippen MR) is 53.2 cm³/mol. The lowest BCUT2D eigenvalue weighted by atomic mass is 10.0. The number of nitrogens with two attached hydrogens (primary N) is 1. The van der Waals surface area contributed by atoms with Gasteiger partial charge in [0, 0.05) is 6.04 Å². The molecule has 76 valence electrons. The fraction of sp³-hybridized carbons (Fsp3) is 0.900. The average Bonchev–Trinajstić information content (AvgIpc) is 2.47. The largest absolute Gasteiger partial charge is 0.369 e. The van der Waals surface area contributed by atoms with Crippen LogP contribution in [0.1, 0.15) is 33.1 Å². The number of nitrogens with one attached hydrogen (secondary N) is 1. The zero-order valence-corrected chi connectivity index (χ0v) is 8.55. The van der Waals surface area contributed by atoms with Crippen LogP contribution in [0, 0.1) is 11.8 Å². The van der Waals surface area contributed by atoms with Crippen LogP contribution in [-0.2, 0) is 4.79 Å². The highest BCUT2D eigenvalue weighted by Gasteiger charge is 2.30. The molecule has 0 spiro atoms. The Hall–Kier alpha value is -0.570. The van der Waals surface area contributed by atoms with E-state index in [1.54, 1.807) is 0 Å². The van der Waals surface area contributed by atoms with Crippen molar-refractivity contribution in [2.75, 3.05) is 6.54 Å². The Balaban J connectivity index is 2.35. The summed E-state index contributed by atoms with van der Waals surface area (Å²) < 4.78 is 0. The van der Waals surface area contributed by atoms with Gasteiger partial charge in [-0.05, 0) is 25.3 Å². The summed E-state index contributed by atoms with van der Waals surface area (Å²) in [5.74, 6) is 0.562. The second-order valence-corrected chi connectivity index (χ2v) is 4.35. The van der Waals surface area contributed by atoms with Crippen molar-refractivity contribution >= 4 is 5.91 Å². The van der Waals surface area contributed by atoms with Crippen molar-refractivity contribution in [3.63, 3.8) is 0 Å². The van der Waals surface area contributed by atoms with E-state index in [1.165, 1.54) is 0 Å². The third kappa shape index (κ3) is 2.99. The van der Waals surface area contributed by atoms with E-state index in [0.717, 1.165) is 25.8 Å². The molecule has 2 unspecified atom stereocenters. The minimum atomic E-state index is -0.140. The molecule has 0 aromatic rings. The highest BCUT2D eigenvalue weighted by Crippen LogP contribution is 2.25. The number of hydrogen-bond acceptors (Lipinski definition) is 2. The monoisotopic (exact) mass is 184 g/mol. The van der Waals surface area contributed by atoms with Gasteiger partial charge in [-0.2, -0.15) is 0 Å². The Bertz CT molecular complexity index is 180. The molecule has 1 aliphatic carbocycles. The van der Waals surface area contributed by atoms with Gasteiger partial charge < -0.3 is 11.1 Å². The van der Waals surface area contributed by atoms with Crippen LogP contribution in [0.25, 0.3) is 0 Å². The summed E-state index contributed by atoms with van der Waals surface area (Å²) in [7, 11) is 0.